The van der Waals surface area contributed by atoms with Gasteiger partial charge in [-0.05, 0) is 42.3 Å². The highest BCUT2D eigenvalue weighted by atomic mass is 35.5. The number of carbonyl (C=O) groups excluding carboxylic acids is 1. The fourth-order valence-electron chi connectivity index (χ4n) is 2.85. The summed E-state index contributed by atoms with van der Waals surface area (Å²) in [7, 11) is -2.69. The summed E-state index contributed by atoms with van der Waals surface area (Å²) in [5, 5.41) is 2.36. The van der Waals surface area contributed by atoms with E-state index in [2.05, 4.69) is 10.0 Å². The number of carbonyl (C=O) groups is 1. The van der Waals surface area contributed by atoms with Crippen LogP contribution in [0.25, 0.3) is 0 Å². The van der Waals surface area contributed by atoms with Gasteiger partial charge in [-0.15, -0.1) is 0 Å². The number of benzene rings is 2. The highest BCUT2D eigenvalue weighted by Crippen LogP contribution is 2.29. The monoisotopic (exact) mass is 415 g/mol. The molecule has 2 aromatic rings. The predicted octanol–water partition coefficient (Wildman–Crippen LogP) is 2.84. The van der Waals surface area contributed by atoms with Crippen molar-refractivity contribution in [2.75, 3.05) is 12.4 Å². The Hall–Kier alpha value is -2.07. The first-order chi connectivity index (χ1) is 12.7. The second-order valence-electron chi connectivity index (χ2n) is 6.12. The standard InChI is InChI=1S/C17H16ClF2N3O3S/c1-23-16(17(24)21-12-5-6-14(20)13(18)8-12)9-15(22-27(23,25)26)10-3-2-4-11(19)7-10/h2-8,15-16,22H,9H2,1H3,(H,21,24)/t15-,16+/m1/s1. The Morgan fingerprint density at radius 2 is 2.00 bits per heavy atom. The lowest BCUT2D eigenvalue weighted by Gasteiger charge is -2.36. The molecule has 0 aliphatic carbocycles. The Balaban J connectivity index is 1.85. The molecule has 10 heteroatoms. The number of likely N-dealkylation sites (N-methyl/N-ethyl adjacent to an activating group) is 1. The first-order valence-electron chi connectivity index (χ1n) is 7.94. The van der Waals surface area contributed by atoms with E-state index in [4.69, 9.17) is 11.6 Å². The molecular formula is C17H16ClF2N3O3S. The largest absolute Gasteiger partial charge is 0.325 e. The van der Waals surface area contributed by atoms with Crippen LogP contribution in [0.2, 0.25) is 5.02 Å². The maximum atomic E-state index is 13.5. The molecule has 1 amide bonds. The van der Waals surface area contributed by atoms with Gasteiger partial charge in [0.15, 0.2) is 0 Å². The van der Waals surface area contributed by atoms with E-state index in [0.717, 1.165) is 10.4 Å². The van der Waals surface area contributed by atoms with E-state index in [1.54, 1.807) is 6.07 Å². The number of hydrogen-bond donors (Lipinski definition) is 2. The van der Waals surface area contributed by atoms with Gasteiger partial charge in [-0.3, -0.25) is 4.79 Å². The van der Waals surface area contributed by atoms with Crippen LogP contribution in [0.5, 0.6) is 0 Å². The lowest BCUT2D eigenvalue weighted by molar-refractivity contribution is -0.120. The fraction of sp³-hybridized carbons (Fsp3) is 0.235. The lowest BCUT2D eigenvalue weighted by Crippen LogP contribution is -2.55. The molecule has 0 saturated carbocycles. The number of hydrogen-bond acceptors (Lipinski definition) is 3. The molecule has 2 aromatic carbocycles. The molecule has 0 radical (unpaired) electrons. The molecule has 1 fully saturated rings. The summed E-state index contributed by atoms with van der Waals surface area (Å²) in [4.78, 5) is 12.6. The molecule has 1 saturated heterocycles. The quantitative estimate of drug-likeness (QED) is 0.809. The second-order valence-corrected chi connectivity index (χ2v) is 8.29. The van der Waals surface area contributed by atoms with Gasteiger partial charge < -0.3 is 5.32 Å². The van der Waals surface area contributed by atoms with Crippen LogP contribution >= 0.6 is 11.6 Å². The maximum absolute atomic E-state index is 13.5. The van der Waals surface area contributed by atoms with Crippen molar-refractivity contribution in [3.63, 3.8) is 0 Å². The van der Waals surface area contributed by atoms with E-state index < -0.39 is 39.8 Å². The van der Waals surface area contributed by atoms with Gasteiger partial charge in [0.25, 0.3) is 10.2 Å². The van der Waals surface area contributed by atoms with Crippen LogP contribution < -0.4 is 10.0 Å². The first-order valence-corrected chi connectivity index (χ1v) is 9.76. The van der Waals surface area contributed by atoms with Crippen LogP contribution in [0.4, 0.5) is 14.5 Å². The third kappa shape index (κ3) is 4.27. The zero-order valence-corrected chi connectivity index (χ0v) is 15.7. The number of nitrogens with one attached hydrogen (secondary N) is 2. The second kappa shape index (κ2) is 7.51. The van der Waals surface area contributed by atoms with Crippen LogP contribution in [0.1, 0.15) is 18.0 Å². The van der Waals surface area contributed by atoms with Crippen molar-refractivity contribution in [3.8, 4) is 0 Å². The molecule has 0 aromatic heterocycles. The summed E-state index contributed by atoms with van der Waals surface area (Å²) < 4.78 is 54.9. The number of amides is 1. The van der Waals surface area contributed by atoms with Crippen LogP contribution in [-0.4, -0.2) is 31.7 Å². The Labute approximate surface area is 160 Å². The SMILES string of the molecule is CN1[C@H](C(=O)Nc2ccc(F)c(Cl)c2)C[C@H](c2cccc(F)c2)NS1(=O)=O. The van der Waals surface area contributed by atoms with E-state index in [-0.39, 0.29) is 17.1 Å². The molecule has 0 bridgehead atoms. The highest BCUT2D eigenvalue weighted by molar-refractivity contribution is 7.87. The molecule has 0 unspecified atom stereocenters. The minimum absolute atomic E-state index is 0.0833. The van der Waals surface area contributed by atoms with E-state index in [9.17, 15) is 22.0 Å². The summed E-state index contributed by atoms with van der Waals surface area (Å²) in [6.45, 7) is 0. The zero-order chi connectivity index (χ0) is 19.8. The molecule has 1 aliphatic rings. The molecular weight excluding hydrogens is 400 g/mol. The average molecular weight is 416 g/mol. The van der Waals surface area contributed by atoms with Crippen molar-refractivity contribution in [1.29, 1.82) is 0 Å². The molecule has 1 heterocycles. The van der Waals surface area contributed by atoms with Crippen LogP contribution in [-0.2, 0) is 15.0 Å². The lowest BCUT2D eigenvalue weighted by atomic mass is 9.99. The van der Waals surface area contributed by atoms with Gasteiger partial charge in [-0.1, -0.05) is 23.7 Å². The van der Waals surface area contributed by atoms with E-state index in [0.29, 0.717) is 5.56 Å². The summed E-state index contributed by atoms with van der Waals surface area (Å²) in [6, 6.07) is 7.33. The number of rotatable bonds is 3. The summed E-state index contributed by atoms with van der Waals surface area (Å²) in [5.74, 6) is -1.75. The van der Waals surface area contributed by atoms with Crippen molar-refractivity contribution in [1.82, 2.24) is 9.03 Å². The van der Waals surface area contributed by atoms with Crippen LogP contribution in [0.3, 0.4) is 0 Å². The van der Waals surface area contributed by atoms with Crippen LogP contribution in [0.15, 0.2) is 42.5 Å². The van der Waals surface area contributed by atoms with Crippen molar-refractivity contribution in [2.24, 2.45) is 0 Å². The van der Waals surface area contributed by atoms with Crippen molar-refractivity contribution in [2.45, 2.75) is 18.5 Å². The van der Waals surface area contributed by atoms with Gasteiger partial charge >= 0.3 is 0 Å². The summed E-state index contributed by atoms with van der Waals surface area (Å²) in [5.41, 5.74) is 0.646. The normalized spacial score (nSPS) is 22.4. The van der Waals surface area contributed by atoms with E-state index in [1.807, 2.05) is 0 Å². The van der Waals surface area contributed by atoms with E-state index in [1.165, 1.54) is 37.4 Å². The summed E-state index contributed by atoms with van der Waals surface area (Å²) >= 11 is 5.70. The molecule has 3 rings (SSSR count). The topological polar surface area (TPSA) is 78.5 Å². The number of anilines is 1. The van der Waals surface area contributed by atoms with Gasteiger partial charge in [-0.2, -0.15) is 17.4 Å². The fourth-order valence-corrected chi connectivity index (χ4v) is 4.30. The predicted molar refractivity (Wildman–Crippen MR) is 97.4 cm³/mol. The minimum atomic E-state index is -3.96. The van der Waals surface area contributed by atoms with E-state index >= 15 is 0 Å². The minimum Gasteiger partial charge on any atom is -0.325 e. The Morgan fingerprint density at radius 3 is 2.67 bits per heavy atom. The van der Waals surface area contributed by atoms with Crippen molar-refractivity contribution in [3.05, 3.63) is 64.7 Å². The van der Waals surface area contributed by atoms with Gasteiger partial charge in [0.1, 0.15) is 17.7 Å². The number of nitrogens with zero attached hydrogens (tertiary/aromatic N) is 1. The zero-order valence-electron chi connectivity index (χ0n) is 14.1. The van der Waals surface area contributed by atoms with Crippen molar-refractivity contribution < 1.29 is 22.0 Å². The Kier molecular flexibility index (Phi) is 5.48. The molecule has 144 valence electrons. The summed E-state index contributed by atoms with van der Waals surface area (Å²) in [6.07, 6.45) is 0.0833. The Bertz CT molecular complexity index is 987. The first kappa shape index (κ1) is 19.7. The van der Waals surface area contributed by atoms with Gasteiger partial charge in [-0.25, -0.2) is 8.78 Å². The highest BCUT2D eigenvalue weighted by Gasteiger charge is 2.40. The maximum Gasteiger partial charge on any atom is 0.280 e. The number of halogens is 3. The molecule has 6 nitrogen and oxygen atoms in total. The van der Waals surface area contributed by atoms with Crippen molar-refractivity contribution >= 4 is 33.4 Å². The van der Waals surface area contributed by atoms with Gasteiger partial charge in [0, 0.05) is 12.7 Å². The molecule has 0 spiro atoms. The van der Waals surface area contributed by atoms with Gasteiger partial charge in [0.2, 0.25) is 5.91 Å². The molecule has 2 N–H and O–H groups in total. The third-order valence-corrected chi connectivity index (χ3v) is 6.19. The molecule has 1 aliphatic heterocycles. The smallest absolute Gasteiger partial charge is 0.280 e. The molecule has 27 heavy (non-hydrogen) atoms. The average Bonchev–Trinajstić information content (AvgIpc) is 2.60. The molecule has 2 atom stereocenters. The van der Waals surface area contributed by atoms with Crippen LogP contribution in [0, 0.1) is 11.6 Å². The third-order valence-electron chi connectivity index (χ3n) is 4.31. The Morgan fingerprint density at radius 1 is 1.26 bits per heavy atom. The van der Waals surface area contributed by atoms with Gasteiger partial charge in [0.05, 0.1) is 11.1 Å².